The molecule has 0 aliphatic heterocycles. The summed E-state index contributed by atoms with van der Waals surface area (Å²) in [5.74, 6) is 0. The van der Waals surface area contributed by atoms with Crippen LogP contribution in [0.1, 0.15) is 144 Å². The van der Waals surface area contributed by atoms with Crippen molar-refractivity contribution in [1.29, 1.82) is 0 Å². The summed E-state index contributed by atoms with van der Waals surface area (Å²) in [6.07, 6.45) is 15.9. The van der Waals surface area contributed by atoms with Crippen LogP contribution < -0.4 is 9.80 Å². The number of benzene rings is 8. The number of hydrogen-bond acceptors (Lipinski definition) is 6. The maximum Gasteiger partial charge on any atom is 0.419 e. The van der Waals surface area contributed by atoms with E-state index in [9.17, 15) is 0 Å². The fraction of sp³-hybridized carbons (Fsp3) is 0.353. The van der Waals surface area contributed by atoms with Crippen molar-refractivity contribution in [3.63, 3.8) is 0 Å². The minimum absolute atomic E-state index is 0.446. The zero-order valence-corrected chi connectivity index (χ0v) is 47.6. The van der Waals surface area contributed by atoms with Crippen LogP contribution in [-0.4, -0.2) is 23.4 Å². The van der Waals surface area contributed by atoms with Crippen LogP contribution in [-0.2, 0) is 22.3 Å². The highest BCUT2D eigenvalue weighted by atomic mass is 32.1. The molecule has 0 atom stereocenters. The molecule has 0 N–H and O–H groups in total. The third-order valence-corrected chi connectivity index (χ3v) is 16.6. The van der Waals surface area contributed by atoms with Gasteiger partial charge in [0.05, 0.1) is 22.7 Å². The number of nitrogens with zero attached hydrogens (tertiary/aromatic N) is 2. The number of carbonyl (C=O) groups is 2. The van der Waals surface area contributed by atoms with Crippen LogP contribution in [0, 0.1) is 0 Å². The van der Waals surface area contributed by atoms with Gasteiger partial charge in [-0.25, -0.2) is 19.4 Å². The van der Waals surface area contributed by atoms with Gasteiger partial charge in [-0.15, -0.1) is 22.7 Å². The summed E-state index contributed by atoms with van der Waals surface area (Å²) in [6.45, 7) is 16.1. The molecule has 0 bridgehead atoms. The van der Waals surface area contributed by atoms with E-state index < -0.39 is 23.4 Å². The largest absolute Gasteiger partial charge is 0.443 e. The Morgan fingerprint density at radius 3 is 1.14 bits per heavy atom. The van der Waals surface area contributed by atoms with Gasteiger partial charge in [-0.3, -0.25) is 0 Å². The van der Waals surface area contributed by atoms with E-state index in [2.05, 4.69) is 146 Å². The molecule has 10 rings (SSSR count). The van der Waals surface area contributed by atoms with Crippen molar-refractivity contribution >= 4 is 111 Å². The molecule has 10 aromatic rings. The van der Waals surface area contributed by atoms with E-state index in [1.54, 1.807) is 22.7 Å². The summed E-state index contributed by atoms with van der Waals surface area (Å²) < 4.78 is 13.0. The van der Waals surface area contributed by atoms with Gasteiger partial charge in [-0.1, -0.05) is 151 Å². The molecule has 0 aliphatic rings. The van der Waals surface area contributed by atoms with Crippen molar-refractivity contribution in [2.75, 3.05) is 9.80 Å². The van der Waals surface area contributed by atoms with Crippen LogP contribution in [0.3, 0.4) is 0 Å². The van der Waals surface area contributed by atoms with Crippen LogP contribution in [0.25, 0.3) is 74.7 Å². The van der Waals surface area contributed by atoms with Crippen LogP contribution in [0.15, 0.2) is 132 Å². The van der Waals surface area contributed by atoms with Gasteiger partial charge in [-0.05, 0) is 148 Å². The smallest absolute Gasteiger partial charge is 0.419 e. The van der Waals surface area contributed by atoms with Crippen molar-refractivity contribution in [2.24, 2.45) is 0 Å². The van der Waals surface area contributed by atoms with Crippen LogP contribution in [0.5, 0.6) is 0 Å². The average molecular weight is 1050 g/mol. The second-order valence-corrected chi connectivity index (χ2v) is 24.7. The summed E-state index contributed by atoms with van der Waals surface area (Å²) in [5, 5.41) is 14.2. The first kappa shape index (κ1) is 52.9. The number of carbonyl (C=O) groups excluding carboxylic acids is 2. The Hall–Kier alpha value is -6.48. The van der Waals surface area contributed by atoms with E-state index in [-0.39, 0.29) is 0 Å². The summed E-state index contributed by atoms with van der Waals surface area (Å²) in [5.41, 5.74) is 6.07. The molecule has 0 radical (unpaired) electrons. The number of anilines is 4. The van der Waals surface area contributed by atoms with Gasteiger partial charge in [0.25, 0.3) is 0 Å². The van der Waals surface area contributed by atoms with E-state index in [1.165, 1.54) is 75.3 Å². The van der Waals surface area contributed by atoms with E-state index >= 15 is 9.59 Å². The number of amides is 2. The van der Waals surface area contributed by atoms with Crippen molar-refractivity contribution < 1.29 is 19.1 Å². The van der Waals surface area contributed by atoms with E-state index in [4.69, 9.17) is 9.47 Å². The second-order valence-electron chi connectivity index (χ2n) is 22.8. The van der Waals surface area contributed by atoms with Gasteiger partial charge in [0.2, 0.25) is 0 Å². The lowest BCUT2D eigenvalue weighted by atomic mass is 9.81. The average Bonchev–Trinajstić information content (AvgIpc) is 4.25. The topological polar surface area (TPSA) is 59.1 Å². The SMILES string of the molecule is CCCCCCCCc1ccc(N(C(=O)OC(C)(C)C)c2c3cccc4c(-c5cccs5)cc5c(N(C(=O)OC(C)(C)C)c6ccc(CCCCCCCC)cc6)c6cccc7c(-c8cccs8)cc2c(c76)c5c43)cc1. The lowest BCUT2D eigenvalue weighted by molar-refractivity contribution is 0.0588. The maximum absolute atomic E-state index is 15.4. The molecular weight excluding hydrogens is 973 g/mol. The number of unbranched alkanes of at least 4 members (excludes halogenated alkanes) is 10. The molecule has 8 aromatic carbocycles. The van der Waals surface area contributed by atoms with Crippen molar-refractivity contribution in [3.05, 3.63) is 143 Å². The van der Waals surface area contributed by atoms with E-state index in [0.29, 0.717) is 0 Å². The predicted octanol–water partition coefficient (Wildman–Crippen LogP) is 21.7. The van der Waals surface area contributed by atoms with Gasteiger partial charge in [0.15, 0.2) is 0 Å². The molecule has 8 heteroatoms. The number of thiophene rings is 2. The first-order chi connectivity index (χ1) is 36.7. The minimum atomic E-state index is -0.778. The summed E-state index contributed by atoms with van der Waals surface area (Å²) in [7, 11) is 0. The van der Waals surface area contributed by atoms with Gasteiger partial charge < -0.3 is 9.47 Å². The molecule has 0 spiro atoms. The highest BCUT2D eigenvalue weighted by molar-refractivity contribution is 7.14. The molecular formula is C68H74N2O4S2. The standard InChI is InChI=1S/C68H74N2O4S2/c1-9-11-13-15-17-19-25-45-33-37-47(38-34-45)69(65(71)73-67(3,4)5)63-51-29-21-27-49-54(58-32-24-42-76-58)44-56-62(59(49)51)61-55(63)43-53(57-31-23-41-75-57)50-28-22-30-52(60(50)61)64(56)70(66(72)74-68(6,7)8)48-39-35-46(36-40-48)26-20-18-16-14-12-10-2/h21-24,27-44H,9-20,25-26H2,1-8H3. The van der Waals surface area contributed by atoms with Crippen molar-refractivity contribution in [3.8, 4) is 20.9 Å². The number of aryl methyl sites for hydroxylation is 2. The molecule has 2 aromatic heterocycles. The van der Waals surface area contributed by atoms with Gasteiger partial charge in [-0.2, -0.15) is 0 Å². The summed E-state index contributed by atoms with van der Waals surface area (Å²) >= 11 is 3.40. The van der Waals surface area contributed by atoms with E-state index in [1.807, 2.05) is 51.3 Å². The first-order valence-corrected chi connectivity index (χ1v) is 29.8. The summed E-state index contributed by atoms with van der Waals surface area (Å²) in [4.78, 5) is 36.8. The molecule has 0 saturated heterocycles. The van der Waals surface area contributed by atoms with Crippen molar-refractivity contribution in [2.45, 2.75) is 156 Å². The zero-order chi connectivity index (χ0) is 53.1. The van der Waals surface area contributed by atoms with Crippen LogP contribution in [0.2, 0.25) is 0 Å². The Morgan fingerprint density at radius 1 is 0.421 bits per heavy atom. The zero-order valence-electron chi connectivity index (χ0n) is 45.9. The molecule has 6 nitrogen and oxygen atoms in total. The highest BCUT2D eigenvalue weighted by Gasteiger charge is 2.35. The number of ether oxygens (including phenoxy) is 2. The van der Waals surface area contributed by atoms with Crippen LogP contribution in [0.4, 0.5) is 32.3 Å². The molecule has 2 amide bonds. The lowest BCUT2D eigenvalue weighted by Crippen LogP contribution is -2.34. The van der Waals surface area contributed by atoms with Gasteiger partial charge in [0, 0.05) is 64.0 Å². The molecule has 0 saturated carbocycles. The third-order valence-electron chi connectivity index (χ3n) is 14.8. The minimum Gasteiger partial charge on any atom is -0.443 e. The number of hydrogen-bond donors (Lipinski definition) is 0. The molecule has 76 heavy (non-hydrogen) atoms. The fourth-order valence-corrected chi connectivity index (χ4v) is 12.9. The Kier molecular flexibility index (Phi) is 15.8. The first-order valence-electron chi connectivity index (χ1n) is 28.0. The fourth-order valence-electron chi connectivity index (χ4n) is 11.4. The Balaban J connectivity index is 1.28. The normalized spacial score (nSPS) is 12.3. The molecule has 2 heterocycles. The molecule has 392 valence electrons. The summed E-state index contributed by atoms with van der Waals surface area (Å²) in [6, 6.07) is 43.4. The monoisotopic (exact) mass is 1050 g/mol. The molecule has 0 fully saturated rings. The Bertz CT molecular complexity index is 3330. The number of rotatable bonds is 20. The molecule has 0 unspecified atom stereocenters. The maximum atomic E-state index is 15.4. The second kappa shape index (κ2) is 22.6. The Morgan fingerprint density at radius 2 is 0.789 bits per heavy atom. The van der Waals surface area contributed by atoms with Gasteiger partial charge in [0.1, 0.15) is 11.2 Å². The quantitative estimate of drug-likeness (QED) is 0.0434. The van der Waals surface area contributed by atoms with Gasteiger partial charge >= 0.3 is 12.2 Å². The van der Waals surface area contributed by atoms with Crippen LogP contribution >= 0.6 is 22.7 Å². The third kappa shape index (κ3) is 10.9. The molecule has 0 aliphatic carbocycles. The predicted molar refractivity (Wildman–Crippen MR) is 327 cm³/mol. The van der Waals surface area contributed by atoms with E-state index in [0.717, 1.165) is 123 Å². The Labute approximate surface area is 458 Å². The van der Waals surface area contributed by atoms with Crippen molar-refractivity contribution in [1.82, 2.24) is 0 Å². The highest BCUT2D eigenvalue weighted by Crippen LogP contribution is 2.57. The lowest BCUT2D eigenvalue weighted by Gasteiger charge is -2.33.